The summed E-state index contributed by atoms with van der Waals surface area (Å²) in [5.74, 6) is -0.000495. The van der Waals surface area contributed by atoms with Gasteiger partial charge in [0.2, 0.25) is 0 Å². The second-order valence-electron chi connectivity index (χ2n) is 6.47. The van der Waals surface area contributed by atoms with Crippen LogP contribution in [0.3, 0.4) is 0 Å². The van der Waals surface area contributed by atoms with Crippen LogP contribution in [0.4, 0.5) is 0 Å². The molecule has 27 heavy (non-hydrogen) atoms. The summed E-state index contributed by atoms with van der Waals surface area (Å²) in [6, 6.07) is 25.9. The fourth-order valence-electron chi connectivity index (χ4n) is 3.37. The number of fused-ring (bicyclic) bond motifs is 1. The lowest BCUT2D eigenvalue weighted by molar-refractivity contribution is 0.0952. The molecule has 0 saturated carbocycles. The van der Waals surface area contributed by atoms with E-state index >= 15 is 0 Å². The van der Waals surface area contributed by atoms with Crippen molar-refractivity contribution in [3.05, 3.63) is 106 Å². The van der Waals surface area contributed by atoms with Gasteiger partial charge < -0.3 is 10.3 Å². The summed E-state index contributed by atoms with van der Waals surface area (Å²) in [6.07, 6.45) is 2.05. The van der Waals surface area contributed by atoms with Crippen molar-refractivity contribution in [3.63, 3.8) is 0 Å². The summed E-state index contributed by atoms with van der Waals surface area (Å²) in [7, 11) is 0. The zero-order valence-electron chi connectivity index (χ0n) is 14.7. The molecule has 3 nitrogen and oxygen atoms in total. The van der Waals surface area contributed by atoms with E-state index in [1.807, 2.05) is 60.8 Å². The lowest BCUT2D eigenvalue weighted by Gasteiger charge is -2.18. The first-order chi connectivity index (χ1) is 13.2. The van der Waals surface area contributed by atoms with E-state index < -0.39 is 0 Å². The third kappa shape index (κ3) is 3.81. The van der Waals surface area contributed by atoms with Gasteiger partial charge in [0.1, 0.15) is 0 Å². The van der Waals surface area contributed by atoms with Gasteiger partial charge in [-0.15, -0.1) is 0 Å². The van der Waals surface area contributed by atoms with Crippen molar-refractivity contribution in [2.45, 2.75) is 5.92 Å². The van der Waals surface area contributed by atoms with E-state index in [0.717, 1.165) is 15.6 Å². The van der Waals surface area contributed by atoms with Crippen molar-refractivity contribution < 1.29 is 4.79 Å². The van der Waals surface area contributed by atoms with Gasteiger partial charge in [0, 0.05) is 39.6 Å². The minimum absolute atomic E-state index is 0.0573. The van der Waals surface area contributed by atoms with Crippen LogP contribution in [0, 0.1) is 0 Å². The molecule has 0 saturated heterocycles. The summed E-state index contributed by atoms with van der Waals surface area (Å²) in [5.41, 5.74) is 4.12. The predicted octanol–water partition coefficient (Wildman–Crippen LogP) is 5.49. The van der Waals surface area contributed by atoms with Gasteiger partial charge in [-0.25, -0.2) is 0 Å². The van der Waals surface area contributed by atoms with E-state index in [2.05, 4.69) is 50.5 Å². The van der Waals surface area contributed by atoms with E-state index in [4.69, 9.17) is 0 Å². The summed E-state index contributed by atoms with van der Waals surface area (Å²) in [4.78, 5) is 15.9. The van der Waals surface area contributed by atoms with Crippen LogP contribution in [-0.4, -0.2) is 17.4 Å². The summed E-state index contributed by atoms with van der Waals surface area (Å²) < 4.78 is 1.04. The normalized spacial score (nSPS) is 12.0. The lowest BCUT2D eigenvalue weighted by atomic mass is 9.91. The molecule has 0 spiro atoms. The molecule has 4 heteroatoms. The first-order valence-corrected chi connectivity index (χ1v) is 9.66. The Morgan fingerprint density at radius 3 is 2.41 bits per heavy atom. The molecular formula is C23H19BrN2O. The Hall–Kier alpha value is -2.85. The minimum atomic E-state index is -0.0578. The minimum Gasteiger partial charge on any atom is -0.361 e. The number of hydrogen-bond donors (Lipinski definition) is 2. The highest BCUT2D eigenvalue weighted by atomic mass is 79.9. The quantitative estimate of drug-likeness (QED) is 0.441. The van der Waals surface area contributed by atoms with Crippen molar-refractivity contribution in [1.82, 2.24) is 10.3 Å². The number of aromatic amines is 1. The van der Waals surface area contributed by atoms with Crippen molar-refractivity contribution in [1.29, 1.82) is 0 Å². The van der Waals surface area contributed by atoms with Crippen LogP contribution in [0.25, 0.3) is 10.9 Å². The van der Waals surface area contributed by atoms with Gasteiger partial charge in [-0.3, -0.25) is 4.79 Å². The second kappa shape index (κ2) is 7.80. The molecule has 0 aliphatic heterocycles. The highest BCUT2D eigenvalue weighted by Crippen LogP contribution is 2.31. The number of hydrogen-bond acceptors (Lipinski definition) is 1. The number of halogens is 1. The van der Waals surface area contributed by atoms with Crippen molar-refractivity contribution >= 4 is 32.7 Å². The van der Waals surface area contributed by atoms with Crippen molar-refractivity contribution in [2.24, 2.45) is 0 Å². The molecule has 0 fully saturated rings. The van der Waals surface area contributed by atoms with Gasteiger partial charge in [-0.1, -0.05) is 64.5 Å². The topological polar surface area (TPSA) is 44.9 Å². The van der Waals surface area contributed by atoms with Crippen LogP contribution in [0.1, 0.15) is 27.4 Å². The van der Waals surface area contributed by atoms with Gasteiger partial charge in [0.05, 0.1) is 0 Å². The zero-order chi connectivity index (χ0) is 18.6. The number of H-pyrrole nitrogens is 1. The maximum absolute atomic E-state index is 12.5. The van der Waals surface area contributed by atoms with Gasteiger partial charge in [0.15, 0.2) is 0 Å². The number of para-hydroxylation sites is 1. The Labute approximate surface area is 166 Å². The largest absolute Gasteiger partial charge is 0.361 e. The number of rotatable bonds is 5. The zero-order valence-corrected chi connectivity index (χ0v) is 16.2. The van der Waals surface area contributed by atoms with Gasteiger partial charge in [-0.05, 0) is 41.5 Å². The average molecular weight is 419 g/mol. The Balaban J connectivity index is 1.66. The number of carbonyl (C=O) groups is 1. The molecule has 4 aromatic rings. The highest BCUT2D eigenvalue weighted by Gasteiger charge is 2.19. The molecule has 134 valence electrons. The Bertz CT molecular complexity index is 1050. The van der Waals surface area contributed by atoms with Gasteiger partial charge in [-0.2, -0.15) is 0 Å². The number of benzene rings is 3. The fourth-order valence-corrected chi connectivity index (χ4v) is 3.64. The molecule has 2 N–H and O–H groups in total. The van der Waals surface area contributed by atoms with Crippen LogP contribution < -0.4 is 5.32 Å². The fraction of sp³-hybridized carbons (Fsp3) is 0.0870. The molecule has 0 bridgehead atoms. The molecule has 1 aromatic heterocycles. The van der Waals surface area contributed by atoms with Crippen molar-refractivity contribution in [3.8, 4) is 0 Å². The predicted molar refractivity (Wildman–Crippen MR) is 113 cm³/mol. The Morgan fingerprint density at radius 1 is 0.926 bits per heavy atom. The highest BCUT2D eigenvalue weighted by molar-refractivity contribution is 9.10. The van der Waals surface area contributed by atoms with E-state index in [1.165, 1.54) is 10.9 Å². The molecule has 1 amide bonds. The maximum atomic E-state index is 12.5. The van der Waals surface area contributed by atoms with Gasteiger partial charge >= 0.3 is 0 Å². The molecule has 0 unspecified atom stereocenters. The lowest BCUT2D eigenvalue weighted by Crippen LogP contribution is -2.28. The van der Waals surface area contributed by atoms with E-state index in [1.54, 1.807) is 0 Å². The standard InChI is InChI=1S/C23H19BrN2O/c24-18-12-10-16(11-13-18)20(14-26-23(27)17-6-2-1-3-7-17)21-15-25-22-9-5-4-8-19(21)22/h1-13,15,20,25H,14H2,(H,26,27)/t20-/m0/s1. The molecule has 1 heterocycles. The van der Waals surface area contributed by atoms with Crippen LogP contribution in [0.2, 0.25) is 0 Å². The van der Waals surface area contributed by atoms with Crippen LogP contribution >= 0.6 is 15.9 Å². The number of nitrogens with one attached hydrogen (secondary N) is 2. The first-order valence-electron chi connectivity index (χ1n) is 8.87. The monoisotopic (exact) mass is 418 g/mol. The second-order valence-corrected chi connectivity index (χ2v) is 7.39. The van der Waals surface area contributed by atoms with E-state index in [9.17, 15) is 4.79 Å². The van der Waals surface area contributed by atoms with Crippen LogP contribution in [-0.2, 0) is 0 Å². The Morgan fingerprint density at radius 2 is 1.63 bits per heavy atom. The maximum Gasteiger partial charge on any atom is 0.251 e. The average Bonchev–Trinajstić information content (AvgIpc) is 3.14. The summed E-state index contributed by atoms with van der Waals surface area (Å²) in [6.45, 7) is 0.525. The number of aromatic nitrogens is 1. The third-order valence-corrected chi connectivity index (χ3v) is 5.30. The summed E-state index contributed by atoms with van der Waals surface area (Å²) >= 11 is 3.50. The molecule has 3 aromatic carbocycles. The molecule has 0 aliphatic carbocycles. The van der Waals surface area contributed by atoms with Crippen LogP contribution in [0.15, 0.2) is 89.5 Å². The number of amides is 1. The first kappa shape index (κ1) is 17.6. The van der Waals surface area contributed by atoms with Crippen molar-refractivity contribution in [2.75, 3.05) is 6.54 Å². The molecule has 4 rings (SSSR count). The van der Waals surface area contributed by atoms with E-state index in [0.29, 0.717) is 12.1 Å². The Kier molecular flexibility index (Phi) is 5.07. The molecular weight excluding hydrogens is 400 g/mol. The third-order valence-electron chi connectivity index (χ3n) is 4.77. The van der Waals surface area contributed by atoms with Gasteiger partial charge in [0.25, 0.3) is 5.91 Å². The van der Waals surface area contributed by atoms with E-state index in [-0.39, 0.29) is 11.8 Å². The smallest absolute Gasteiger partial charge is 0.251 e. The summed E-state index contributed by atoms with van der Waals surface area (Å²) in [5, 5.41) is 4.28. The number of carbonyl (C=O) groups excluding carboxylic acids is 1. The van der Waals surface area contributed by atoms with Crippen LogP contribution in [0.5, 0.6) is 0 Å². The molecule has 0 aliphatic rings. The molecule has 0 radical (unpaired) electrons. The molecule has 1 atom stereocenters. The SMILES string of the molecule is O=C(NC[C@@H](c1ccc(Br)cc1)c1c[nH]c2ccccc12)c1ccccc1.